The van der Waals surface area contributed by atoms with Crippen LogP contribution in [0.2, 0.25) is 0 Å². The molecule has 1 N–H and O–H groups in total. The number of aryl methyl sites for hydroxylation is 2. The molecule has 2 heteroatoms. The molecule has 0 heterocycles. The van der Waals surface area contributed by atoms with E-state index in [2.05, 4.69) is 26.1 Å². The fraction of sp³-hybridized carbons (Fsp3) is 0.600. The predicted molar refractivity (Wildman–Crippen MR) is 71.8 cm³/mol. The van der Waals surface area contributed by atoms with Crippen LogP contribution >= 0.6 is 0 Å². The molecule has 0 amide bonds. The van der Waals surface area contributed by atoms with Gasteiger partial charge in [0.15, 0.2) is 0 Å². The Morgan fingerprint density at radius 2 is 2.06 bits per heavy atom. The van der Waals surface area contributed by atoms with Crippen molar-refractivity contribution in [3.05, 3.63) is 35.1 Å². The van der Waals surface area contributed by atoms with Crippen LogP contribution in [0.4, 0.5) is 4.39 Å². The molecule has 1 unspecified atom stereocenters. The third kappa shape index (κ3) is 4.86. The third-order valence-electron chi connectivity index (χ3n) is 3.30. The lowest BCUT2D eigenvalue weighted by Gasteiger charge is -2.15. The summed E-state index contributed by atoms with van der Waals surface area (Å²) in [6, 6.07) is 5.68. The zero-order valence-electron chi connectivity index (χ0n) is 11.2. The molecule has 1 rings (SSSR count). The molecule has 1 aromatic carbocycles. The molecule has 0 saturated heterocycles. The lowest BCUT2D eigenvalue weighted by atomic mass is 10.00. The monoisotopic (exact) mass is 237 g/mol. The summed E-state index contributed by atoms with van der Waals surface area (Å²) in [4.78, 5) is 0. The van der Waals surface area contributed by atoms with Crippen LogP contribution < -0.4 is 5.32 Å². The van der Waals surface area contributed by atoms with Crippen LogP contribution in [0, 0.1) is 12.7 Å². The van der Waals surface area contributed by atoms with Crippen molar-refractivity contribution in [2.24, 2.45) is 0 Å². The first-order valence-corrected chi connectivity index (χ1v) is 6.65. The highest BCUT2D eigenvalue weighted by Gasteiger charge is 2.05. The molecule has 1 nitrogen and oxygen atoms in total. The molecule has 1 atom stereocenters. The van der Waals surface area contributed by atoms with Gasteiger partial charge >= 0.3 is 0 Å². The van der Waals surface area contributed by atoms with E-state index in [9.17, 15) is 4.39 Å². The average Bonchev–Trinajstić information content (AvgIpc) is 2.32. The number of hydrogen-bond acceptors (Lipinski definition) is 1. The van der Waals surface area contributed by atoms with Gasteiger partial charge in [0.25, 0.3) is 0 Å². The molecule has 0 aliphatic rings. The van der Waals surface area contributed by atoms with E-state index < -0.39 is 0 Å². The second kappa shape index (κ2) is 7.44. The average molecular weight is 237 g/mol. The van der Waals surface area contributed by atoms with Gasteiger partial charge in [-0.3, -0.25) is 0 Å². The van der Waals surface area contributed by atoms with E-state index in [0.29, 0.717) is 6.04 Å². The lowest BCUT2D eigenvalue weighted by molar-refractivity contribution is 0.466. The number of rotatable bonds is 7. The van der Waals surface area contributed by atoms with Crippen molar-refractivity contribution < 1.29 is 4.39 Å². The molecular weight excluding hydrogens is 213 g/mol. The van der Waals surface area contributed by atoms with Crippen LogP contribution in [0.1, 0.15) is 44.2 Å². The lowest BCUT2D eigenvalue weighted by Crippen LogP contribution is -2.28. The van der Waals surface area contributed by atoms with Crippen molar-refractivity contribution >= 4 is 0 Å². The number of nitrogens with one attached hydrogen (secondary N) is 1. The number of benzene rings is 1. The quantitative estimate of drug-likeness (QED) is 0.759. The molecule has 0 radical (unpaired) electrons. The smallest absolute Gasteiger partial charge is 0.123 e. The molecule has 0 aliphatic carbocycles. The summed E-state index contributed by atoms with van der Waals surface area (Å²) in [5.74, 6) is -0.121. The summed E-state index contributed by atoms with van der Waals surface area (Å²) in [5, 5.41) is 3.47. The van der Waals surface area contributed by atoms with E-state index in [1.807, 2.05) is 6.07 Å². The molecule has 0 bridgehead atoms. The molecule has 0 aliphatic heterocycles. The molecule has 0 fully saturated rings. The topological polar surface area (TPSA) is 12.0 Å². The van der Waals surface area contributed by atoms with E-state index in [0.717, 1.165) is 31.4 Å². The molecule has 1 aromatic rings. The fourth-order valence-corrected chi connectivity index (χ4v) is 2.19. The highest BCUT2D eigenvalue weighted by Crippen LogP contribution is 2.14. The van der Waals surface area contributed by atoms with Crippen LogP contribution in [0.3, 0.4) is 0 Å². The summed E-state index contributed by atoms with van der Waals surface area (Å²) < 4.78 is 13.1. The predicted octanol–water partition coefficient (Wildman–Crippen LogP) is 3.84. The number of halogens is 1. The van der Waals surface area contributed by atoms with Crippen molar-refractivity contribution in [3.63, 3.8) is 0 Å². The van der Waals surface area contributed by atoms with Crippen molar-refractivity contribution in [1.29, 1.82) is 0 Å². The first-order valence-electron chi connectivity index (χ1n) is 6.65. The largest absolute Gasteiger partial charge is 0.314 e. The second-order valence-corrected chi connectivity index (χ2v) is 4.63. The molecule has 0 spiro atoms. The Kier molecular flexibility index (Phi) is 6.20. The van der Waals surface area contributed by atoms with Crippen molar-refractivity contribution in [2.45, 2.75) is 52.5 Å². The van der Waals surface area contributed by atoms with E-state index in [-0.39, 0.29) is 5.82 Å². The maximum atomic E-state index is 13.1. The summed E-state index contributed by atoms with van der Waals surface area (Å²) in [6.07, 6.45) is 4.43. The van der Waals surface area contributed by atoms with Crippen LogP contribution in [0.5, 0.6) is 0 Å². The van der Waals surface area contributed by atoms with Crippen LogP contribution in [-0.2, 0) is 6.42 Å². The van der Waals surface area contributed by atoms with Gasteiger partial charge in [0.1, 0.15) is 5.82 Å². The Balaban J connectivity index is 2.42. The molecular formula is C15H24FN. The zero-order valence-corrected chi connectivity index (χ0v) is 11.2. The minimum absolute atomic E-state index is 0.121. The van der Waals surface area contributed by atoms with E-state index in [1.165, 1.54) is 18.1 Å². The van der Waals surface area contributed by atoms with Gasteiger partial charge in [-0.15, -0.1) is 0 Å². The Bertz CT molecular complexity index is 336. The van der Waals surface area contributed by atoms with Crippen LogP contribution in [0.15, 0.2) is 18.2 Å². The Labute approximate surface area is 104 Å². The minimum Gasteiger partial charge on any atom is -0.314 e. The molecule has 96 valence electrons. The maximum absolute atomic E-state index is 13.1. The van der Waals surface area contributed by atoms with E-state index >= 15 is 0 Å². The summed E-state index contributed by atoms with van der Waals surface area (Å²) in [7, 11) is 0. The highest BCUT2D eigenvalue weighted by atomic mass is 19.1. The van der Waals surface area contributed by atoms with Gasteiger partial charge in [-0.25, -0.2) is 4.39 Å². The van der Waals surface area contributed by atoms with Gasteiger partial charge < -0.3 is 5.32 Å². The Hall–Kier alpha value is -0.890. The van der Waals surface area contributed by atoms with Crippen molar-refractivity contribution in [1.82, 2.24) is 5.32 Å². The van der Waals surface area contributed by atoms with Gasteiger partial charge in [-0.2, -0.15) is 0 Å². The van der Waals surface area contributed by atoms with Gasteiger partial charge in [0.05, 0.1) is 0 Å². The molecule has 17 heavy (non-hydrogen) atoms. The zero-order chi connectivity index (χ0) is 12.7. The van der Waals surface area contributed by atoms with E-state index in [4.69, 9.17) is 0 Å². The van der Waals surface area contributed by atoms with Crippen molar-refractivity contribution in [2.75, 3.05) is 6.54 Å². The standard InChI is InChI=1S/C15H24FN/c1-4-15(17-5-2)8-6-7-13-11-14(16)10-9-12(13)3/h9-11,15,17H,4-8H2,1-3H3. The van der Waals surface area contributed by atoms with Gasteiger partial charge in [0, 0.05) is 6.04 Å². The van der Waals surface area contributed by atoms with Gasteiger partial charge in [-0.1, -0.05) is 19.9 Å². The van der Waals surface area contributed by atoms with Crippen LogP contribution in [-0.4, -0.2) is 12.6 Å². The third-order valence-corrected chi connectivity index (χ3v) is 3.30. The van der Waals surface area contributed by atoms with Gasteiger partial charge in [-0.05, 0) is 62.4 Å². The van der Waals surface area contributed by atoms with Crippen LogP contribution in [0.25, 0.3) is 0 Å². The maximum Gasteiger partial charge on any atom is 0.123 e. The van der Waals surface area contributed by atoms with E-state index in [1.54, 1.807) is 6.07 Å². The SMILES string of the molecule is CCNC(CC)CCCc1cc(F)ccc1C. The fourth-order valence-electron chi connectivity index (χ4n) is 2.19. The summed E-state index contributed by atoms with van der Waals surface area (Å²) in [5.41, 5.74) is 2.35. The number of hydrogen-bond donors (Lipinski definition) is 1. The van der Waals surface area contributed by atoms with Crippen molar-refractivity contribution in [3.8, 4) is 0 Å². The normalized spacial score (nSPS) is 12.7. The van der Waals surface area contributed by atoms with Gasteiger partial charge in [0.2, 0.25) is 0 Å². The second-order valence-electron chi connectivity index (χ2n) is 4.63. The first-order chi connectivity index (χ1) is 8.17. The Morgan fingerprint density at radius 1 is 1.29 bits per heavy atom. The summed E-state index contributed by atoms with van der Waals surface area (Å²) in [6.45, 7) is 7.42. The first kappa shape index (κ1) is 14.2. The highest BCUT2D eigenvalue weighted by molar-refractivity contribution is 5.26. The minimum atomic E-state index is -0.121. The Morgan fingerprint density at radius 3 is 2.71 bits per heavy atom. The molecule has 0 aromatic heterocycles. The molecule has 0 saturated carbocycles. The summed E-state index contributed by atoms with van der Waals surface area (Å²) >= 11 is 0.